The highest BCUT2D eigenvalue weighted by atomic mass is 32.2. The van der Waals surface area contributed by atoms with E-state index in [-0.39, 0.29) is 11.8 Å². The topological polar surface area (TPSA) is 104 Å². The van der Waals surface area contributed by atoms with E-state index in [1.54, 1.807) is 18.5 Å². The molecule has 30 heavy (non-hydrogen) atoms. The zero-order valence-corrected chi connectivity index (χ0v) is 16.9. The van der Waals surface area contributed by atoms with E-state index in [2.05, 4.69) is 25.0 Å². The first-order chi connectivity index (χ1) is 14.5. The van der Waals surface area contributed by atoms with Crippen LogP contribution in [0.3, 0.4) is 0 Å². The van der Waals surface area contributed by atoms with Crippen molar-refractivity contribution in [3.8, 4) is 11.4 Å². The summed E-state index contributed by atoms with van der Waals surface area (Å²) in [7, 11) is 0. The van der Waals surface area contributed by atoms with Gasteiger partial charge in [0.25, 0.3) is 6.43 Å². The van der Waals surface area contributed by atoms with Gasteiger partial charge in [-0.2, -0.15) is 5.10 Å². The Balaban J connectivity index is 1.57. The van der Waals surface area contributed by atoms with Crippen molar-refractivity contribution >= 4 is 28.2 Å². The molecule has 3 aromatic rings. The van der Waals surface area contributed by atoms with Crippen molar-refractivity contribution in [3.05, 3.63) is 36.4 Å². The first kappa shape index (κ1) is 20.6. The van der Waals surface area contributed by atoms with Crippen molar-refractivity contribution in [1.82, 2.24) is 24.6 Å². The van der Waals surface area contributed by atoms with E-state index in [4.69, 9.17) is 4.74 Å². The molecule has 4 rings (SSSR count). The molecule has 0 aliphatic carbocycles. The first-order valence-corrected chi connectivity index (χ1v) is 10.8. The molecule has 3 aromatic heterocycles. The van der Waals surface area contributed by atoms with Crippen molar-refractivity contribution in [3.63, 3.8) is 0 Å². The minimum absolute atomic E-state index is 0.150. The number of morpholine rings is 1. The van der Waals surface area contributed by atoms with Gasteiger partial charge in [0.05, 0.1) is 31.1 Å². The lowest BCUT2D eigenvalue weighted by Crippen LogP contribution is -2.44. The molecule has 2 atom stereocenters. The number of nitrogens with zero attached hydrogens (tertiary/aromatic N) is 7. The molecule has 0 amide bonds. The molecule has 1 fully saturated rings. The Morgan fingerprint density at radius 2 is 2.23 bits per heavy atom. The third-order valence-electron chi connectivity index (χ3n) is 4.52. The summed E-state index contributed by atoms with van der Waals surface area (Å²) in [5.41, 5.74) is 2.54. The van der Waals surface area contributed by atoms with Crippen LogP contribution in [0.4, 0.5) is 14.6 Å². The molecule has 1 unspecified atom stereocenters. The van der Waals surface area contributed by atoms with Gasteiger partial charge in [0, 0.05) is 19.2 Å². The molecule has 0 bridgehead atoms. The number of rotatable bonds is 6. The van der Waals surface area contributed by atoms with Gasteiger partial charge in [-0.05, 0) is 23.3 Å². The van der Waals surface area contributed by atoms with Crippen LogP contribution in [-0.2, 0) is 15.9 Å². The number of fused-ring (bicyclic) bond motifs is 1. The summed E-state index contributed by atoms with van der Waals surface area (Å²) in [4.78, 5) is 19.0. The highest BCUT2D eigenvalue weighted by molar-refractivity contribution is 8.03. The van der Waals surface area contributed by atoms with Crippen LogP contribution in [0, 0.1) is 0 Å². The van der Waals surface area contributed by atoms with Crippen molar-refractivity contribution < 1.29 is 18.1 Å². The molecule has 1 saturated heterocycles. The molecule has 1 aliphatic rings. The number of hydrogen-bond acceptors (Lipinski definition) is 8. The van der Waals surface area contributed by atoms with E-state index in [1.807, 2.05) is 4.90 Å². The number of aromatic nitrogens is 5. The summed E-state index contributed by atoms with van der Waals surface area (Å²) in [5.74, 6) is 0.677. The Kier molecular flexibility index (Phi) is 6.16. The number of anilines is 1. The lowest BCUT2D eigenvalue weighted by molar-refractivity contribution is 0.0467. The van der Waals surface area contributed by atoms with Gasteiger partial charge in [-0.3, -0.25) is 0 Å². The summed E-state index contributed by atoms with van der Waals surface area (Å²) in [6.45, 7) is 2.10. The fraction of sp³-hybridized carbons (Fsp3) is 0.389. The second-order valence-corrected chi connectivity index (χ2v) is 7.85. The molecular weight excluding hydrogens is 416 g/mol. The normalized spacial score (nSPS) is 18.6. The van der Waals surface area contributed by atoms with E-state index in [9.17, 15) is 13.3 Å². The van der Waals surface area contributed by atoms with Gasteiger partial charge in [-0.1, -0.05) is 0 Å². The predicted octanol–water partition coefficient (Wildman–Crippen LogP) is 1.74. The smallest absolute Gasteiger partial charge is 0.282 e. The molecule has 4 heterocycles. The van der Waals surface area contributed by atoms with Gasteiger partial charge in [0.2, 0.25) is 5.55 Å². The predicted molar refractivity (Wildman–Crippen MR) is 108 cm³/mol. The maximum absolute atomic E-state index is 13.0. The SMILES string of the molecule is C[S+]([O-])C=NC[C@@H]1CN(c2cc(-c3cnc4ccc(C(F)F)nn34)ncn2)CCO1. The number of aliphatic imine (C=N–C) groups is 1. The second-order valence-electron chi connectivity index (χ2n) is 6.64. The van der Waals surface area contributed by atoms with Gasteiger partial charge in [0.1, 0.15) is 29.8 Å². The summed E-state index contributed by atoms with van der Waals surface area (Å²) in [6.07, 6.45) is 1.70. The van der Waals surface area contributed by atoms with Gasteiger partial charge >= 0.3 is 0 Å². The maximum Gasteiger partial charge on any atom is 0.282 e. The molecule has 158 valence electrons. The minimum atomic E-state index is -2.68. The van der Waals surface area contributed by atoms with Crippen LogP contribution < -0.4 is 4.90 Å². The third-order valence-corrected chi connectivity index (χ3v) is 4.96. The Labute approximate surface area is 174 Å². The highest BCUT2D eigenvalue weighted by Crippen LogP contribution is 2.24. The molecule has 0 radical (unpaired) electrons. The average molecular weight is 435 g/mol. The van der Waals surface area contributed by atoms with Gasteiger partial charge in [0.15, 0.2) is 5.65 Å². The molecule has 1 aliphatic heterocycles. The molecule has 0 spiro atoms. The summed E-state index contributed by atoms with van der Waals surface area (Å²) in [5, 5.41) is 3.98. The van der Waals surface area contributed by atoms with E-state index in [0.717, 1.165) is 0 Å². The Bertz CT molecular complexity index is 1050. The number of halogens is 2. The Hall–Kier alpha value is -2.70. The molecule has 0 saturated carbocycles. The minimum Gasteiger partial charge on any atom is -0.611 e. The van der Waals surface area contributed by atoms with Crippen LogP contribution >= 0.6 is 0 Å². The summed E-state index contributed by atoms with van der Waals surface area (Å²) >= 11 is -1.09. The first-order valence-electron chi connectivity index (χ1n) is 9.15. The van der Waals surface area contributed by atoms with Crippen molar-refractivity contribution in [2.24, 2.45) is 4.99 Å². The maximum atomic E-state index is 13.0. The van der Waals surface area contributed by atoms with Gasteiger partial charge in [-0.15, -0.1) is 0 Å². The van der Waals surface area contributed by atoms with Crippen LogP contribution in [0.1, 0.15) is 12.1 Å². The fourth-order valence-electron chi connectivity index (χ4n) is 3.14. The molecular formula is C18H19F2N7O2S. The zero-order valence-electron chi connectivity index (χ0n) is 16.1. The van der Waals surface area contributed by atoms with Crippen LogP contribution in [0.25, 0.3) is 17.0 Å². The monoisotopic (exact) mass is 435 g/mol. The van der Waals surface area contributed by atoms with Crippen molar-refractivity contribution in [2.75, 3.05) is 37.4 Å². The van der Waals surface area contributed by atoms with Crippen LogP contribution in [0.15, 0.2) is 35.7 Å². The van der Waals surface area contributed by atoms with E-state index in [1.165, 1.54) is 28.5 Å². The third kappa shape index (κ3) is 4.55. The number of hydrogen-bond donors (Lipinski definition) is 0. The van der Waals surface area contributed by atoms with E-state index in [0.29, 0.717) is 49.1 Å². The van der Waals surface area contributed by atoms with Gasteiger partial charge in [-0.25, -0.2) is 33.2 Å². The lowest BCUT2D eigenvalue weighted by Gasteiger charge is -2.33. The molecule has 0 N–H and O–H groups in total. The highest BCUT2D eigenvalue weighted by Gasteiger charge is 2.22. The number of alkyl halides is 2. The second kappa shape index (κ2) is 8.98. The number of imidazole rings is 1. The van der Waals surface area contributed by atoms with Crippen LogP contribution in [-0.4, -0.2) is 73.3 Å². The summed E-state index contributed by atoms with van der Waals surface area (Å²) < 4.78 is 44.3. The lowest BCUT2D eigenvalue weighted by atomic mass is 10.2. The van der Waals surface area contributed by atoms with E-state index >= 15 is 0 Å². The Morgan fingerprint density at radius 3 is 3.03 bits per heavy atom. The largest absolute Gasteiger partial charge is 0.611 e. The fourth-order valence-corrected chi connectivity index (χ4v) is 3.44. The average Bonchev–Trinajstić information content (AvgIpc) is 3.17. The standard InChI is InChI=1S/C18H19F2N7O2S/c1-30(28)11-21-7-12-9-26(4-5-29-12)17-6-14(23-10-24-17)15-8-22-16-3-2-13(18(19)20)25-27(15)16/h2-3,6,8,10-12,18H,4-5,7,9H2,1H3/t12-,30?/m1/s1. The van der Waals surface area contributed by atoms with Crippen molar-refractivity contribution in [2.45, 2.75) is 12.5 Å². The molecule has 0 aromatic carbocycles. The van der Waals surface area contributed by atoms with Crippen molar-refractivity contribution in [1.29, 1.82) is 0 Å². The quantitative estimate of drug-likeness (QED) is 0.330. The van der Waals surface area contributed by atoms with E-state index < -0.39 is 17.6 Å². The Morgan fingerprint density at radius 1 is 1.37 bits per heavy atom. The van der Waals surface area contributed by atoms with Gasteiger partial charge < -0.3 is 14.2 Å². The number of ether oxygens (including phenoxy) is 1. The summed E-state index contributed by atoms with van der Waals surface area (Å²) in [6, 6.07) is 4.52. The molecule has 12 heteroatoms. The zero-order chi connectivity index (χ0) is 21.1. The van der Waals surface area contributed by atoms with Crippen LogP contribution in [0.5, 0.6) is 0 Å². The molecule has 9 nitrogen and oxygen atoms in total. The van der Waals surface area contributed by atoms with Crippen LogP contribution in [0.2, 0.25) is 0 Å².